The van der Waals surface area contributed by atoms with Crippen molar-refractivity contribution in [1.29, 1.82) is 5.26 Å². The minimum absolute atomic E-state index is 0.243. The molecule has 2 aromatic rings. The lowest BCUT2D eigenvalue weighted by molar-refractivity contribution is 0.746. The normalized spacial score (nSPS) is 10.2. The predicted octanol–water partition coefficient (Wildman–Crippen LogP) is 1.44. The summed E-state index contributed by atoms with van der Waals surface area (Å²) >= 11 is 0. The number of aryl methyl sites for hydroxylation is 2. The molecule has 2 aromatic heterocycles. The van der Waals surface area contributed by atoms with Gasteiger partial charge in [0, 0.05) is 25.4 Å². The largest absolute Gasteiger partial charge is 0.396 e. The third-order valence-electron chi connectivity index (χ3n) is 2.82. The molecule has 2 rings (SSSR count). The fourth-order valence-corrected chi connectivity index (χ4v) is 1.87. The lowest BCUT2D eigenvalue weighted by Gasteiger charge is -2.06. The van der Waals surface area contributed by atoms with Crippen LogP contribution in [0.25, 0.3) is 0 Å². The topological polar surface area (TPSA) is 92.5 Å². The van der Waals surface area contributed by atoms with E-state index in [0.29, 0.717) is 18.1 Å². The molecule has 0 radical (unpaired) electrons. The molecule has 6 nitrogen and oxygen atoms in total. The minimum atomic E-state index is 0.243. The highest BCUT2D eigenvalue weighted by Crippen LogP contribution is 2.14. The number of nitrogen functional groups attached to an aromatic ring is 1. The van der Waals surface area contributed by atoms with Crippen LogP contribution in [0.15, 0.2) is 18.3 Å². The van der Waals surface area contributed by atoms with Crippen molar-refractivity contribution < 1.29 is 0 Å². The molecule has 98 valence electrons. The van der Waals surface area contributed by atoms with E-state index in [1.54, 1.807) is 16.8 Å². The molecule has 3 N–H and O–H groups in total. The molecule has 0 aliphatic rings. The van der Waals surface area contributed by atoms with Gasteiger partial charge in [-0.3, -0.25) is 4.68 Å². The van der Waals surface area contributed by atoms with Crippen LogP contribution in [0.2, 0.25) is 0 Å². The molecule has 0 aliphatic heterocycles. The van der Waals surface area contributed by atoms with E-state index in [9.17, 15) is 0 Å². The maximum Gasteiger partial charge on any atom is 0.165 e. The lowest BCUT2D eigenvalue weighted by atomic mass is 10.2. The second-order valence-corrected chi connectivity index (χ2v) is 4.23. The Balaban J connectivity index is 2.12. The molecule has 0 aromatic carbocycles. The third-order valence-corrected chi connectivity index (χ3v) is 2.82. The quantitative estimate of drug-likeness (QED) is 0.863. The lowest BCUT2D eigenvalue weighted by Crippen LogP contribution is -2.04. The summed E-state index contributed by atoms with van der Waals surface area (Å²) in [4.78, 5) is 4.14. The summed E-state index contributed by atoms with van der Waals surface area (Å²) in [6, 6.07) is 5.41. The number of rotatable bonds is 4. The number of hydrogen-bond acceptors (Lipinski definition) is 5. The van der Waals surface area contributed by atoms with Crippen molar-refractivity contribution in [2.45, 2.75) is 19.9 Å². The predicted molar refractivity (Wildman–Crippen MR) is 73.3 cm³/mol. The van der Waals surface area contributed by atoms with Crippen molar-refractivity contribution >= 4 is 11.5 Å². The average Bonchev–Trinajstić information content (AvgIpc) is 2.78. The van der Waals surface area contributed by atoms with Gasteiger partial charge in [0.1, 0.15) is 11.9 Å². The Morgan fingerprint density at radius 2 is 2.26 bits per heavy atom. The summed E-state index contributed by atoms with van der Waals surface area (Å²) in [6.07, 6.45) is 2.87. The summed E-state index contributed by atoms with van der Waals surface area (Å²) in [5, 5.41) is 16.4. The number of aromatic nitrogens is 3. The van der Waals surface area contributed by atoms with Crippen LogP contribution >= 0.6 is 0 Å². The molecule has 0 spiro atoms. The van der Waals surface area contributed by atoms with Gasteiger partial charge in [0.05, 0.1) is 11.4 Å². The van der Waals surface area contributed by atoms with Crippen LogP contribution < -0.4 is 11.1 Å². The first-order valence-corrected chi connectivity index (χ1v) is 6.06. The van der Waals surface area contributed by atoms with Crippen LogP contribution in [0, 0.1) is 11.3 Å². The molecule has 2 heterocycles. The summed E-state index contributed by atoms with van der Waals surface area (Å²) in [5.74, 6) is 0.636. The number of nitriles is 1. The fourth-order valence-electron chi connectivity index (χ4n) is 1.87. The van der Waals surface area contributed by atoms with E-state index >= 15 is 0 Å². The monoisotopic (exact) mass is 256 g/mol. The zero-order chi connectivity index (χ0) is 13.8. The van der Waals surface area contributed by atoms with Gasteiger partial charge >= 0.3 is 0 Å². The van der Waals surface area contributed by atoms with Gasteiger partial charge in [0.15, 0.2) is 5.69 Å². The standard InChI is InChI=1S/C13H16N6/c1-3-11-9(8-19(2)18-11)7-16-13-5-4-10(15)12(6-14)17-13/h4-5,8H,3,7,15H2,1-2H3,(H,16,17). The number of nitrogens with zero attached hydrogens (tertiary/aromatic N) is 4. The second-order valence-electron chi connectivity index (χ2n) is 4.23. The number of pyridine rings is 1. The first-order valence-electron chi connectivity index (χ1n) is 6.06. The van der Waals surface area contributed by atoms with Gasteiger partial charge in [-0.1, -0.05) is 6.92 Å². The smallest absolute Gasteiger partial charge is 0.165 e. The molecule has 19 heavy (non-hydrogen) atoms. The summed E-state index contributed by atoms with van der Waals surface area (Å²) in [6.45, 7) is 2.69. The maximum atomic E-state index is 8.88. The molecule has 0 atom stereocenters. The van der Waals surface area contributed by atoms with Gasteiger partial charge in [-0.2, -0.15) is 10.4 Å². The van der Waals surface area contributed by atoms with E-state index < -0.39 is 0 Å². The van der Waals surface area contributed by atoms with Crippen molar-refractivity contribution in [1.82, 2.24) is 14.8 Å². The van der Waals surface area contributed by atoms with Crippen molar-refractivity contribution in [2.24, 2.45) is 7.05 Å². The van der Waals surface area contributed by atoms with Crippen molar-refractivity contribution in [3.05, 3.63) is 35.3 Å². The zero-order valence-electron chi connectivity index (χ0n) is 11.0. The molecule has 0 unspecified atom stereocenters. The van der Waals surface area contributed by atoms with Gasteiger partial charge in [0.25, 0.3) is 0 Å². The SMILES string of the molecule is CCc1nn(C)cc1CNc1ccc(N)c(C#N)n1. The van der Waals surface area contributed by atoms with Crippen LogP contribution in [0.3, 0.4) is 0 Å². The van der Waals surface area contributed by atoms with Crippen molar-refractivity contribution in [2.75, 3.05) is 11.1 Å². The zero-order valence-corrected chi connectivity index (χ0v) is 11.0. The average molecular weight is 256 g/mol. The Bertz CT molecular complexity index is 623. The molecule has 0 fully saturated rings. The second kappa shape index (κ2) is 5.40. The summed E-state index contributed by atoms with van der Waals surface area (Å²) in [5.41, 5.74) is 8.45. The van der Waals surface area contributed by atoms with Crippen LogP contribution in [0.5, 0.6) is 0 Å². The van der Waals surface area contributed by atoms with Crippen LogP contribution in [0.4, 0.5) is 11.5 Å². The number of nitrogens with two attached hydrogens (primary N) is 1. The van der Waals surface area contributed by atoms with E-state index in [1.807, 2.05) is 19.3 Å². The molecular weight excluding hydrogens is 240 g/mol. The Morgan fingerprint density at radius 3 is 2.95 bits per heavy atom. The maximum absolute atomic E-state index is 8.88. The highest BCUT2D eigenvalue weighted by molar-refractivity contribution is 5.54. The van der Waals surface area contributed by atoms with E-state index in [0.717, 1.165) is 17.7 Å². The molecular formula is C13H16N6. The van der Waals surface area contributed by atoms with Crippen molar-refractivity contribution in [3.8, 4) is 6.07 Å². The van der Waals surface area contributed by atoms with E-state index in [4.69, 9.17) is 11.0 Å². The van der Waals surface area contributed by atoms with Gasteiger partial charge < -0.3 is 11.1 Å². The molecule has 0 aliphatic carbocycles. The summed E-state index contributed by atoms with van der Waals surface area (Å²) in [7, 11) is 1.90. The first-order chi connectivity index (χ1) is 9.13. The Labute approximate surface area is 111 Å². The number of anilines is 2. The molecule has 0 saturated carbocycles. The van der Waals surface area contributed by atoms with E-state index in [1.165, 1.54) is 0 Å². The Morgan fingerprint density at radius 1 is 1.47 bits per heavy atom. The fraction of sp³-hybridized carbons (Fsp3) is 0.308. The molecule has 0 saturated heterocycles. The number of nitrogens with one attached hydrogen (secondary N) is 1. The van der Waals surface area contributed by atoms with Gasteiger partial charge in [-0.25, -0.2) is 4.98 Å². The van der Waals surface area contributed by atoms with Gasteiger partial charge in [-0.15, -0.1) is 0 Å². The molecule has 6 heteroatoms. The Hall–Kier alpha value is -2.55. The van der Waals surface area contributed by atoms with Gasteiger partial charge in [-0.05, 0) is 18.6 Å². The van der Waals surface area contributed by atoms with E-state index in [-0.39, 0.29) is 5.69 Å². The molecule has 0 bridgehead atoms. The van der Waals surface area contributed by atoms with Crippen LogP contribution in [-0.4, -0.2) is 14.8 Å². The Kier molecular flexibility index (Phi) is 3.66. The summed E-state index contributed by atoms with van der Waals surface area (Å²) < 4.78 is 1.80. The van der Waals surface area contributed by atoms with Crippen molar-refractivity contribution in [3.63, 3.8) is 0 Å². The highest BCUT2D eigenvalue weighted by Gasteiger charge is 2.07. The van der Waals surface area contributed by atoms with Gasteiger partial charge in [0.2, 0.25) is 0 Å². The van der Waals surface area contributed by atoms with Crippen LogP contribution in [-0.2, 0) is 20.0 Å². The van der Waals surface area contributed by atoms with Crippen LogP contribution in [0.1, 0.15) is 23.9 Å². The third kappa shape index (κ3) is 2.83. The first kappa shape index (κ1) is 12.9. The van der Waals surface area contributed by atoms with E-state index in [2.05, 4.69) is 22.3 Å². The molecule has 0 amide bonds. The minimum Gasteiger partial charge on any atom is -0.396 e. The number of hydrogen-bond donors (Lipinski definition) is 2. The highest BCUT2D eigenvalue weighted by atomic mass is 15.3.